The summed E-state index contributed by atoms with van der Waals surface area (Å²) in [6.07, 6.45) is 3.71. The van der Waals surface area contributed by atoms with Gasteiger partial charge < -0.3 is 0 Å². The van der Waals surface area contributed by atoms with E-state index in [2.05, 4.69) is 11.8 Å². The van der Waals surface area contributed by atoms with Gasteiger partial charge in [-0.25, -0.2) is 0 Å². The second-order valence-electron chi connectivity index (χ2n) is 4.34. The van der Waals surface area contributed by atoms with Gasteiger partial charge in [-0.1, -0.05) is 18.0 Å². The fraction of sp³-hybridized carbons (Fsp3) is 0.583. The lowest BCUT2D eigenvalue weighted by atomic mass is 10.0. The number of nitrogens with zero attached hydrogens (tertiary/aromatic N) is 1. The molecular weight excluding hydrogens is 242 g/mol. The topological polar surface area (TPSA) is 20.3 Å². The van der Waals surface area contributed by atoms with Crippen LogP contribution >= 0.6 is 22.9 Å². The van der Waals surface area contributed by atoms with E-state index in [1.54, 1.807) is 6.07 Å². The van der Waals surface area contributed by atoms with Crippen LogP contribution in [0.15, 0.2) is 12.1 Å². The Kier molecular flexibility index (Phi) is 4.00. The first kappa shape index (κ1) is 12.1. The monoisotopic (exact) mass is 257 g/mol. The average Bonchev–Trinajstić information content (AvgIpc) is 2.68. The van der Waals surface area contributed by atoms with Gasteiger partial charge in [-0.15, -0.1) is 11.3 Å². The van der Waals surface area contributed by atoms with Crippen molar-refractivity contribution in [2.24, 2.45) is 0 Å². The fourth-order valence-electron chi connectivity index (χ4n) is 2.12. The molecular formula is C12H16ClNOS. The molecule has 1 aliphatic heterocycles. The van der Waals surface area contributed by atoms with Crippen LogP contribution in [0.25, 0.3) is 0 Å². The van der Waals surface area contributed by atoms with Crippen molar-refractivity contribution in [2.75, 3.05) is 13.1 Å². The first-order valence-electron chi connectivity index (χ1n) is 5.69. The Morgan fingerprint density at radius 1 is 1.56 bits per heavy atom. The Bertz CT molecular complexity index is 377. The van der Waals surface area contributed by atoms with E-state index in [1.807, 2.05) is 6.07 Å². The Morgan fingerprint density at radius 3 is 3.00 bits per heavy atom. The zero-order valence-corrected chi connectivity index (χ0v) is 11.0. The zero-order valence-electron chi connectivity index (χ0n) is 9.41. The first-order chi connectivity index (χ1) is 7.66. The molecule has 2 heterocycles. The third-order valence-electron chi connectivity index (χ3n) is 3.14. The van der Waals surface area contributed by atoms with Gasteiger partial charge >= 0.3 is 0 Å². The number of hydrogen-bond donors (Lipinski definition) is 0. The maximum Gasteiger partial charge on any atom is 0.186 e. The summed E-state index contributed by atoms with van der Waals surface area (Å²) in [6.45, 7) is 3.79. The molecule has 1 aliphatic rings. The van der Waals surface area contributed by atoms with E-state index in [0.29, 0.717) is 16.9 Å². The van der Waals surface area contributed by atoms with E-state index >= 15 is 0 Å². The van der Waals surface area contributed by atoms with Gasteiger partial charge in [0.2, 0.25) is 0 Å². The minimum absolute atomic E-state index is 0.200. The summed E-state index contributed by atoms with van der Waals surface area (Å²) < 4.78 is 0.690. The smallest absolute Gasteiger partial charge is 0.186 e. The summed E-state index contributed by atoms with van der Waals surface area (Å²) in [4.78, 5) is 15.0. The molecule has 0 aliphatic carbocycles. The summed E-state index contributed by atoms with van der Waals surface area (Å²) in [6, 6.07) is 4.15. The predicted octanol–water partition coefficient (Wildman–Crippen LogP) is 3.46. The fourth-order valence-corrected chi connectivity index (χ4v) is 3.09. The van der Waals surface area contributed by atoms with Crippen LogP contribution in [0.1, 0.15) is 35.9 Å². The highest BCUT2D eigenvalue weighted by Crippen LogP contribution is 2.23. The van der Waals surface area contributed by atoms with Gasteiger partial charge in [0.1, 0.15) is 0 Å². The third kappa shape index (κ3) is 2.84. The summed E-state index contributed by atoms with van der Waals surface area (Å²) in [5, 5.41) is 0. The van der Waals surface area contributed by atoms with E-state index in [4.69, 9.17) is 11.6 Å². The minimum Gasteiger partial charge on any atom is -0.293 e. The van der Waals surface area contributed by atoms with Gasteiger partial charge in [0.25, 0.3) is 0 Å². The lowest BCUT2D eigenvalue weighted by Crippen LogP contribution is -2.40. The molecule has 0 amide bonds. The predicted molar refractivity (Wildman–Crippen MR) is 68.5 cm³/mol. The van der Waals surface area contributed by atoms with Crippen LogP contribution in [0.4, 0.5) is 0 Å². The van der Waals surface area contributed by atoms with Crippen molar-refractivity contribution in [2.45, 2.75) is 32.2 Å². The van der Waals surface area contributed by atoms with Gasteiger partial charge in [0, 0.05) is 6.04 Å². The second-order valence-corrected chi connectivity index (χ2v) is 6.06. The minimum atomic E-state index is 0.200. The van der Waals surface area contributed by atoms with Crippen molar-refractivity contribution in [3.63, 3.8) is 0 Å². The van der Waals surface area contributed by atoms with Crippen molar-refractivity contribution in [1.29, 1.82) is 0 Å². The molecule has 0 N–H and O–H groups in total. The number of piperidine rings is 1. The van der Waals surface area contributed by atoms with Crippen molar-refractivity contribution < 1.29 is 4.79 Å². The molecule has 0 aromatic carbocycles. The van der Waals surface area contributed by atoms with E-state index in [0.717, 1.165) is 11.4 Å². The van der Waals surface area contributed by atoms with Crippen LogP contribution in [-0.4, -0.2) is 29.8 Å². The number of rotatable bonds is 3. The molecule has 0 bridgehead atoms. The highest BCUT2D eigenvalue weighted by atomic mass is 35.5. The molecule has 1 aromatic rings. The standard InChI is InChI=1S/C12H16ClNOS/c1-9-4-2-3-7-14(9)8-10(15)11-5-6-12(13)16-11/h5-6,9H,2-4,7-8H2,1H3. The van der Waals surface area contributed by atoms with Crippen molar-refractivity contribution in [3.05, 3.63) is 21.3 Å². The molecule has 1 atom stereocenters. The zero-order chi connectivity index (χ0) is 11.5. The Hall–Kier alpha value is -0.380. The van der Waals surface area contributed by atoms with E-state index in [9.17, 15) is 4.79 Å². The molecule has 0 radical (unpaired) electrons. The van der Waals surface area contributed by atoms with Crippen LogP contribution in [0.2, 0.25) is 4.34 Å². The summed E-state index contributed by atoms with van der Waals surface area (Å²) >= 11 is 7.20. The molecule has 0 saturated carbocycles. The molecule has 2 nitrogen and oxygen atoms in total. The molecule has 1 fully saturated rings. The SMILES string of the molecule is CC1CCCCN1CC(=O)c1ccc(Cl)s1. The molecule has 0 spiro atoms. The van der Waals surface area contributed by atoms with E-state index in [-0.39, 0.29) is 5.78 Å². The average molecular weight is 258 g/mol. The van der Waals surface area contributed by atoms with Crippen molar-refractivity contribution >= 4 is 28.7 Å². The Balaban J connectivity index is 1.96. The van der Waals surface area contributed by atoms with Gasteiger partial charge in [0.05, 0.1) is 15.8 Å². The number of ketones is 1. The molecule has 88 valence electrons. The van der Waals surface area contributed by atoms with Gasteiger partial charge in [-0.3, -0.25) is 9.69 Å². The lowest BCUT2D eigenvalue weighted by molar-refractivity contribution is 0.0864. The first-order valence-corrected chi connectivity index (χ1v) is 6.89. The van der Waals surface area contributed by atoms with Gasteiger partial charge in [0.15, 0.2) is 5.78 Å². The third-order valence-corrected chi connectivity index (χ3v) is 4.41. The normalized spacial score (nSPS) is 22.2. The quantitative estimate of drug-likeness (QED) is 0.773. The lowest BCUT2D eigenvalue weighted by Gasteiger charge is -2.32. The van der Waals surface area contributed by atoms with Crippen LogP contribution in [0.3, 0.4) is 0 Å². The van der Waals surface area contributed by atoms with Crippen LogP contribution in [0.5, 0.6) is 0 Å². The number of carbonyl (C=O) groups excluding carboxylic acids is 1. The molecule has 1 saturated heterocycles. The summed E-state index contributed by atoms with van der Waals surface area (Å²) in [5.41, 5.74) is 0. The highest BCUT2D eigenvalue weighted by molar-refractivity contribution is 7.18. The molecule has 1 unspecified atom stereocenters. The highest BCUT2D eigenvalue weighted by Gasteiger charge is 2.21. The Labute approximate surface area is 105 Å². The Morgan fingerprint density at radius 2 is 2.38 bits per heavy atom. The summed E-state index contributed by atoms with van der Waals surface area (Å²) in [7, 11) is 0. The van der Waals surface area contributed by atoms with E-state index < -0.39 is 0 Å². The van der Waals surface area contributed by atoms with Crippen molar-refractivity contribution in [3.8, 4) is 0 Å². The van der Waals surface area contributed by atoms with E-state index in [1.165, 1.54) is 30.6 Å². The largest absolute Gasteiger partial charge is 0.293 e. The van der Waals surface area contributed by atoms with Crippen molar-refractivity contribution in [1.82, 2.24) is 4.90 Å². The second kappa shape index (κ2) is 5.30. The number of halogens is 1. The van der Waals surface area contributed by atoms with Crippen LogP contribution in [0, 0.1) is 0 Å². The maximum atomic E-state index is 12.0. The summed E-state index contributed by atoms with van der Waals surface area (Å²) in [5.74, 6) is 0.200. The van der Waals surface area contributed by atoms with Crippen LogP contribution in [-0.2, 0) is 0 Å². The molecule has 16 heavy (non-hydrogen) atoms. The van der Waals surface area contributed by atoms with Crippen LogP contribution < -0.4 is 0 Å². The molecule has 1 aromatic heterocycles. The number of likely N-dealkylation sites (tertiary alicyclic amines) is 1. The number of Topliss-reactive ketones (excluding diaryl/α,β-unsaturated/α-hetero) is 1. The molecule has 4 heteroatoms. The maximum absolute atomic E-state index is 12.0. The molecule has 2 rings (SSSR count). The number of hydrogen-bond acceptors (Lipinski definition) is 3. The van der Waals surface area contributed by atoms with Gasteiger partial charge in [-0.05, 0) is 38.4 Å². The number of carbonyl (C=O) groups is 1. The number of thiophene rings is 1. The van der Waals surface area contributed by atoms with Gasteiger partial charge in [-0.2, -0.15) is 0 Å².